The Morgan fingerprint density at radius 3 is 2.13 bits per heavy atom. The van der Waals surface area contributed by atoms with Gasteiger partial charge >= 0.3 is 6.18 Å². The highest BCUT2D eigenvalue weighted by atomic mass is 19.4. The molecule has 0 saturated carbocycles. The van der Waals surface area contributed by atoms with Gasteiger partial charge in [0.1, 0.15) is 0 Å². The van der Waals surface area contributed by atoms with Gasteiger partial charge in [-0.15, -0.1) is 0 Å². The number of rotatable bonds is 3. The smallest absolute Gasteiger partial charge is 0.260 e. The molecule has 7 heteroatoms. The maximum Gasteiger partial charge on any atom is 0.437 e. The Morgan fingerprint density at radius 1 is 0.870 bits per heavy atom. The fraction of sp³-hybridized carbons (Fsp3) is 0.0625. The lowest BCUT2D eigenvalue weighted by Crippen LogP contribution is -2.13. The Hall–Kier alpha value is -2.96. The number of hydrazone groups is 1. The van der Waals surface area contributed by atoms with Gasteiger partial charge in [0.15, 0.2) is 11.5 Å². The number of fused-ring (bicyclic) bond motifs is 1. The van der Waals surface area contributed by atoms with E-state index in [1.807, 2.05) is 6.07 Å². The highest BCUT2D eigenvalue weighted by molar-refractivity contribution is 5.80. The predicted octanol–water partition coefficient (Wildman–Crippen LogP) is 4.09. The maximum atomic E-state index is 13.1. The second-order valence-corrected chi connectivity index (χ2v) is 4.69. The molecule has 1 N–H and O–H groups in total. The number of benzene rings is 2. The lowest BCUT2D eigenvalue weighted by atomic mass is 10.2. The first-order chi connectivity index (χ1) is 11.0. The monoisotopic (exact) mass is 316 g/mol. The molecule has 3 rings (SSSR count). The summed E-state index contributed by atoms with van der Waals surface area (Å²) in [6.07, 6.45) is -3.21. The number of nitrogens with zero attached hydrogens (tertiary/aromatic N) is 3. The molecule has 116 valence electrons. The van der Waals surface area contributed by atoms with Gasteiger partial charge in [0, 0.05) is 0 Å². The lowest BCUT2D eigenvalue weighted by Gasteiger charge is -2.11. The van der Waals surface area contributed by atoms with Crippen LogP contribution in [0.1, 0.15) is 11.3 Å². The van der Waals surface area contributed by atoms with Gasteiger partial charge in [0.2, 0.25) is 0 Å². The second-order valence-electron chi connectivity index (χ2n) is 4.69. The van der Waals surface area contributed by atoms with Crippen LogP contribution in [0.3, 0.4) is 0 Å². The third kappa shape index (κ3) is 3.45. The molecule has 0 aliphatic carbocycles. The predicted molar refractivity (Wildman–Crippen MR) is 82.2 cm³/mol. The minimum Gasteiger partial charge on any atom is -0.260 e. The zero-order valence-electron chi connectivity index (χ0n) is 11.7. The van der Waals surface area contributed by atoms with Gasteiger partial charge in [-0.3, -0.25) is 5.43 Å². The number of hydrogen-bond donors (Lipinski definition) is 1. The van der Waals surface area contributed by atoms with Gasteiger partial charge in [0.25, 0.3) is 0 Å². The summed E-state index contributed by atoms with van der Waals surface area (Å²) < 4.78 is 39.4. The Morgan fingerprint density at radius 2 is 1.48 bits per heavy atom. The van der Waals surface area contributed by atoms with Crippen LogP contribution >= 0.6 is 0 Å². The number of aromatic nitrogens is 2. The van der Waals surface area contributed by atoms with E-state index in [0.29, 0.717) is 5.52 Å². The van der Waals surface area contributed by atoms with Crippen molar-refractivity contribution in [3.8, 4) is 0 Å². The highest BCUT2D eigenvalue weighted by Gasteiger charge is 2.37. The summed E-state index contributed by atoms with van der Waals surface area (Å²) in [5, 5.41) is 3.82. The van der Waals surface area contributed by atoms with Crippen LogP contribution in [0.5, 0.6) is 0 Å². The third-order valence-electron chi connectivity index (χ3n) is 3.02. The quantitative estimate of drug-likeness (QED) is 0.585. The summed E-state index contributed by atoms with van der Waals surface area (Å²) >= 11 is 0. The van der Waals surface area contributed by atoms with Crippen molar-refractivity contribution >= 4 is 23.1 Å². The summed E-state index contributed by atoms with van der Waals surface area (Å²) in [5.74, 6) is -0.427. The molecule has 0 aliphatic rings. The molecule has 0 radical (unpaired) electrons. The first-order valence-corrected chi connectivity index (χ1v) is 6.72. The number of nitrogens with one attached hydrogen (secondary N) is 1. The molecule has 0 bridgehead atoms. The molecule has 23 heavy (non-hydrogen) atoms. The summed E-state index contributed by atoms with van der Waals surface area (Å²) in [6.45, 7) is 0. The molecule has 0 atom stereocenters. The van der Waals surface area contributed by atoms with E-state index in [9.17, 15) is 13.2 Å². The normalized spacial score (nSPS) is 12.0. The van der Waals surface area contributed by atoms with Crippen molar-refractivity contribution in [3.63, 3.8) is 0 Å². The summed E-state index contributed by atoms with van der Waals surface area (Å²) in [6, 6.07) is 15.4. The number of alkyl halides is 3. The van der Waals surface area contributed by atoms with Crippen molar-refractivity contribution in [2.24, 2.45) is 5.10 Å². The van der Waals surface area contributed by atoms with Gasteiger partial charge in [-0.2, -0.15) is 18.3 Å². The van der Waals surface area contributed by atoms with Gasteiger partial charge < -0.3 is 0 Å². The first kappa shape index (κ1) is 15.0. The molecule has 1 aromatic heterocycles. The van der Waals surface area contributed by atoms with Crippen LogP contribution in [0, 0.1) is 0 Å². The van der Waals surface area contributed by atoms with Crippen LogP contribution in [0.4, 0.5) is 19.0 Å². The minimum absolute atomic E-state index is 0.178. The number of hydrogen-bond acceptors (Lipinski definition) is 4. The first-order valence-electron chi connectivity index (χ1n) is 6.72. The van der Waals surface area contributed by atoms with Gasteiger partial charge in [-0.05, 0) is 17.7 Å². The van der Waals surface area contributed by atoms with E-state index in [-0.39, 0.29) is 5.52 Å². The van der Waals surface area contributed by atoms with E-state index in [0.717, 1.165) is 5.56 Å². The van der Waals surface area contributed by atoms with Crippen molar-refractivity contribution < 1.29 is 13.2 Å². The minimum atomic E-state index is -4.62. The van der Waals surface area contributed by atoms with E-state index in [1.165, 1.54) is 12.3 Å². The molecular formula is C16H11F3N4. The third-order valence-corrected chi connectivity index (χ3v) is 3.02. The highest BCUT2D eigenvalue weighted by Crippen LogP contribution is 2.33. The Kier molecular flexibility index (Phi) is 3.92. The van der Waals surface area contributed by atoms with Crippen LogP contribution in [-0.2, 0) is 6.18 Å². The van der Waals surface area contributed by atoms with Gasteiger partial charge in [-0.25, -0.2) is 9.97 Å². The van der Waals surface area contributed by atoms with E-state index in [1.54, 1.807) is 42.5 Å². The molecule has 1 heterocycles. The van der Waals surface area contributed by atoms with Crippen LogP contribution in [0.15, 0.2) is 59.7 Å². The lowest BCUT2D eigenvalue weighted by molar-refractivity contribution is -0.140. The molecule has 0 aliphatic heterocycles. The molecule has 0 spiro atoms. The summed E-state index contributed by atoms with van der Waals surface area (Å²) in [4.78, 5) is 7.61. The maximum absolute atomic E-state index is 13.1. The van der Waals surface area contributed by atoms with Crippen molar-refractivity contribution in [2.75, 3.05) is 5.43 Å². The Balaban J connectivity index is 1.96. The summed E-state index contributed by atoms with van der Waals surface area (Å²) in [7, 11) is 0. The number of halogens is 3. The fourth-order valence-corrected chi connectivity index (χ4v) is 1.98. The molecule has 4 nitrogen and oxygen atoms in total. The van der Waals surface area contributed by atoms with E-state index < -0.39 is 17.7 Å². The second kappa shape index (κ2) is 6.04. The Labute approximate surface area is 129 Å². The average Bonchev–Trinajstić information content (AvgIpc) is 2.54. The van der Waals surface area contributed by atoms with Crippen LogP contribution in [-0.4, -0.2) is 16.2 Å². The molecule has 0 saturated heterocycles. The van der Waals surface area contributed by atoms with Crippen molar-refractivity contribution in [1.29, 1.82) is 0 Å². The zero-order valence-corrected chi connectivity index (χ0v) is 11.7. The molecule has 3 aromatic rings. The van der Waals surface area contributed by atoms with Crippen molar-refractivity contribution in [3.05, 3.63) is 65.9 Å². The fourth-order valence-electron chi connectivity index (χ4n) is 1.98. The van der Waals surface area contributed by atoms with E-state index >= 15 is 0 Å². The van der Waals surface area contributed by atoms with Gasteiger partial charge in [-0.1, -0.05) is 42.5 Å². The number of para-hydroxylation sites is 2. The molecular weight excluding hydrogens is 305 g/mol. The molecule has 2 aromatic carbocycles. The Bertz CT molecular complexity index is 845. The zero-order chi connectivity index (χ0) is 16.3. The molecule has 0 fully saturated rings. The van der Waals surface area contributed by atoms with Gasteiger partial charge in [0.05, 0.1) is 17.2 Å². The van der Waals surface area contributed by atoms with Crippen LogP contribution in [0.25, 0.3) is 11.0 Å². The van der Waals surface area contributed by atoms with Crippen LogP contribution in [0.2, 0.25) is 0 Å². The molecule has 0 unspecified atom stereocenters. The SMILES string of the molecule is FC(F)(F)c1nc2ccccc2nc1NN=Cc1ccccc1. The van der Waals surface area contributed by atoms with Crippen LogP contribution < -0.4 is 5.43 Å². The van der Waals surface area contributed by atoms with Crippen molar-refractivity contribution in [2.45, 2.75) is 6.18 Å². The largest absolute Gasteiger partial charge is 0.437 e. The topological polar surface area (TPSA) is 50.2 Å². The van der Waals surface area contributed by atoms with E-state index in [2.05, 4.69) is 20.5 Å². The molecule has 0 amide bonds. The summed E-state index contributed by atoms with van der Waals surface area (Å²) in [5.41, 5.74) is 2.53. The van der Waals surface area contributed by atoms with Crippen molar-refractivity contribution in [1.82, 2.24) is 9.97 Å². The average molecular weight is 316 g/mol. The number of anilines is 1. The standard InChI is InChI=1S/C16H11F3N4/c17-16(18,19)14-15(22-13-9-5-4-8-12(13)21-14)23-20-10-11-6-2-1-3-7-11/h1-10H,(H,22,23). The van der Waals surface area contributed by atoms with E-state index in [4.69, 9.17) is 0 Å².